The summed E-state index contributed by atoms with van der Waals surface area (Å²) >= 11 is 0. The molecular formula is C35H40FN3O3. The average molecular weight is 570 g/mol. The van der Waals surface area contributed by atoms with Gasteiger partial charge in [0.2, 0.25) is 11.8 Å². The van der Waals surface area contributed by atoms with Crippen molar-refractivity contribution in [1.82, 2.24) is 14.8 Å². The number of hydrogen-bond acceptors (Lipinski definition) is 3. The van der Waals surface area contributed by atoms with Gasteiger partial charge >= 0.3 is 0 Å². The number of fused-ring (bicyclic) bond motifs is 1. The third-order valence-corrected chi connectivity index (χ3v) is 8.17. The minimum absolute atomic E-state index is 0.0162. The zero-order valence-electron chi connectivity index (χ0n) is 24.4. The lowest BCUT2D eigenvalue weighted by Crippen LogP contribution is -2.45. The molecule has 0 spiro atoms. The lowest BCUT2D eigenvalue weighted by molar-refractivity contribution is -0.144. The van der Waals surface area contributed by atoms with Crippen molar-refractivity contribution in [3.63, 3.8) is 0 Å². The predicted octanol–water partition coefficient (Wildman–Crippen LogP) is 6.89. The summed E-state index contributed by atoms with van der Waals surface area (Å²) < 4.78 is 19.2. The number of H-pyrrole nitrogens is 1. The maximum atomic E-state index is 14.0. The minimum Gasteiger partial charge on any atom is -0.494 e. The van der Waals surface area contributed by atoms with Crippen LogP contribution in [0.15, 0.2) is 79.0 Å². The number of nitrogens with one attached hydrogen (secondary N) is 1. The summed E-state index contributed by atoms with van der Waals surface area (Å²) in [5.41, 5.74) is 4.02. The van der Waals surface area contributed by atoms with Crippen LogP contribution < -0.4 is 4.74 Å². The van der Waals surface area contributed by atoms with Gasteiger partial charge in [0.25, 0.3) is 0 Å². The minimum atomic E-state index is -0.321. The Bertz CT molecular complexity index is 1460. The third-order valence-electron chi connectivity index (χ3n) is 8.17. The summed E-state index contributed by atoms with van der Waals surface area (Å²) in [7, 11) is 0. The number of benzene rings is 3. The number of halogens is 1. The number of aromatic amines is 1. The molecule has 0 radical (unpaired) electrons. The van der Waals surface area contributed by atoms with Gasteiger partial charge in [0.05, 0.1) is 6.61 Å². The maximum absolute atomic E-state index is 14.0. The van der Waals surface area contributed by atoms with Gasteiger partial charge in [0.1, 0.15) is 18.1 Å². The number of ether oxygens (including phenoxy) is 1. The second kappa shape index (κ2) is 14.2. The normalized spacial score (nSPS) is 13.7. The van der Waals surface area contributed by atoms with E-state index in [9.17, 15) is 14.0 Å². The van der Waals surface area contributed by atoms with E-state index in [-0.39, 0.29) is 36.6 Å². The molecule has 1 fully saturated rings. The van der Waals surface area contributed by atoms with Crippen LogP contribution in [0, 0.1) is 11.7 Å². The van der Waals surface area contributed by atoms with Crippen molar-refractivity contribution < 1.29 is 18.7 Å². The molecule has 42 heavy (non-hydrogen) atoms. The van der Waals surface area contributed by atoms with E-state index < -0.39 is 0 Å². The number of aromatic nitrogens is 1. The summed E-state index contributed by atoms with van der Waals surface area (Å²) in [6.07, 6.45) is 7.60. The van der Waals surface area contributed by atoms with Crippen molar-refractivity contribution >= 4 is 22.7 Å². The summed E-state index contributed by atoms with van der Waals surface area (Å²) in [5.74, 6) is 0.318. The van der Waals surface area contributed by atoms with E-state index in [0.717, 1.165) is 65.4 Å². The van der Waals surface area contributed by atoms with Crippen molar-refractivity contribution in [3.8, 4) is 5.75 Å². The van der Waals surface area contributed by atoms with Crippen LogP contribution in [0.1, 0.15) is 55.7 Å². The first-order valence-electron chi connectivity index (χ1n) is 15.1. The van der Waals surface area contributed by atoms with Gasteiger partial charge in [-0.1, -0.05) is 61.7 Å². The molecular weight excluding hydrogens is 529 g/mol. The summed E-state index contributed by atoms with van der Waals surface area (Å²) in [4.78, 5) is 34.6. The largest absolute Gasteiger partial charge is 0.494 e. The number of rotatable bonds is 12. The van der Waals surface area contributed by atoms with Gasteiger partial charge in [-0.25, -0.2) is 4.39 Å². The Morgan fingerprint density at radius 1 is 0.881 bits per heavy atom. The number of carbonyl (C=O) groups is 2. The van der Waals surface area contributed by atoms with Gasteiger partial charge in [-0.2, -0.15) is 0 Å². The monoisotopic (exact) mass is 569 g/mol. The van der Waals surface area contributed by atoms with Gasteiger partial charge < -0.3 is 19.5 Å². The molecule has 3 aromatic carbocycles. The zero-order valence-corrected chi connectivity index (χ0v) is 24.4. The average Bonchev–Trinajstić information content (AvgIpc) is 3.44. The van der Waals surface area contributed by atoms with Crippen LogP contribution in [-0.2, 0) is 29.1 Å². The molecule has 1 aliphatic rings. The Kier molecular flexibility index (Phi) is 9.90. The first-order valence-corrected chi connectivity index (χ1v) is 15.1. The van der Waals surface area contributed by atoms with Crippen molar-refractivity contribution in [3.05, 3.63) is 102 Å². The number of para-hydroxylation sites is 1. The topological polar surface area (TPSA) is 65.6 Å². The van der Waals surface area contributed by atoms with Crippen LogP contribution in [-0.4, -0.2) is 46.3 Å². The lowest BCUT2D eigenvalue weighted by Gasteiger charge is -2.31. The number of carbonyl (C=O) groups excluding carboxylic acids is 2. The second-order valence-electron chi connectivity index (χ2n) is 11.2. The van der Waals surface area contributed by atoms with Crippen molar-refractivity contribution in [1.29, 1.82) is 0 Å². The molecule has 0 saturated heterocycles. The molecule has 7 heteroatoms. The van der Waals surface area contributed by atoms with E-state index in [1.54, 1.807) is 17.0 Å². The first-order chi connectivity index (χ1) is 20.5. The Labute approximate surface area is 247 Å². The molecule has 1 heterocycles. The molecule has 5 rings (SSSR count). The number of hydrogen-bond donors (Lipinski definition) is 1. The Morgan fingerprint density at radius 3 is 2.26 bits per heavy atom. The maximum Gasteiger partial charge on any atom is 0.242 e. The van der Waals surface area contributed by atoms with E-state index in [1.165, 1.54) is 12.1 Å². The molecule has 1 N–H and O–H groups in total. The fourth-order valence-corrected chi connectivity index (χ4v) is 5.86. The fourth-order valence-electron chi connectivity index (χ4n) is 5.86. The number of amides is 2. The molecule has 2 amide bonds. The highest BCUT2D eigenvalue weighted by Crippen LogP contribution is 2.26. The Hall–Kier alpha value is -4.13. The Balaban J connectivity index is 1.36. The highest BCUT2D eigenvalue weighted by Gasteiger charge is 2.29. The SMILES string of the molecule is CCOc1ccc(CN(CCc2c[nH]c3ccccc23)C(=O)CN(Cc2ccc(F)cc2)C(=O)C2CCCCC2)cc1. The molecule has 220 valence electrons. The molecule has 1 aromatic heterocycles. The standard InChI is InChI=1S/C35H40FN3O3/c1-2-42-31-18-14-27(15-19-31)23-38(21-20-29-22-37-33-11-7-6-10-32(29)33)34(40)25-39(24-26-12-16-30(36)17-13-26)35(41)28-8-4-3-5-9-28/h6-7,10-19,22,28,37H,2-5,8-9,20-21,23-25H2,1H3. The van der Waals surface area contributed by atoms with E-state index in [2.05, 4.69) is 11.1 Å². The van der Waals surface area contributed by atoms with Crippen molar-refractivity contribution in [2.24, 2.45) is 5.92 Å². The van der Waals surface area contributed by atoms with E-state index in [1.807, 2.05) is 60.5 Å². The molecule has 0 aliphatic heterocycles. The first kappa shape index (κ1) is 29.4. The van der Waals surface area contributed by atoms with Crippen molar-refractivity contribution in [2.75, 3.05) is 19.7 Å². The quantitative estimate of drug-likeness (QED) is 0.202. The lowest BCUT2D eigenvalue weighted by atomic mass is 9.88. The molecule has 0 unspecified atom stereocenters. The highest BCUT2D eigenvalue weighted by atomic mass is 19.1. The molecule has 1 aliphatic carbocycles. The summed E-state index contributed by atoms with van der Waals surface area (Å²) in [5, 5.41) is 1.15. The Morgan fingerprint density at radius 2 is 1.55 bits per heavy atom. The smallest absolute Gasteiger partial charge is 0.242 e. The van der Waals surface area contributed by atoms with Gasteiger partial charge in [-0.3, -0.25) is 9.59 Å². The van der Waals surface area contributed by atoms with Crippen LogP contribution in [0.4, 0.5) is 4.39 Å². The van der Waals surface area contributed by atoms with E-state index in [4.69, 9.17) is 4.74 Å². The summed E-state index contributed by atoms with van der Waals surface area (Å²) in [6, 6.07) is 22.2. The van der Waals surface area contributed by atoms with Crippen LogP contribution in [0.2, 0.25) is 0 Å². The van der Waals surface area contributed by atoms with Crippen LogP contribution >= 0.6 is 0 Å². The van der Waals surface area contributed by atoms with Crippen LogP contribution in [0.3, 0.4) is 0 Å². The number of nitrogens with zero attached hydrogens (tertiary/aromatic N) is 2. The van der Waals surface area contributed by atoms with Crippen LogP contribution in [0.25, 0.3) is 10.9 Å². The molecule has 0 atom stereocenters. The van der Waals surface area contributed by atoms with Gasteiger partial charge in [-0.05, 0) is 73.2 Å². The fraction of sp³-hybridized carbons (Fsp3) is 0.371. The van der Waals surface area contributed by atoms with Gasteiger partial charge in [0, 0.05) is 42.7 Å². The molecule has 6 nitrogen and oxygen atoms in total. The van der Waals surface area contributed by atoms with E-state index in [0.29, 0.717) is 26.1 Å². The third kappa shape index (κ3) is 7.58. The molecule has 1 saturated carbocycles. The molecule has 4 aromatic rings. The molecule has 0 bridgehead atoms. The zero-order chi connectivity index (χ0) is 29.3. The van der Waals surface area contributed by atoms with Crippen molar-refractivity contribution in [2.45, 2.75) is 58.5 Å². The van der Waals surface area contributed by atoms with Gasteiger partial charge in [0.15, 0.2) is 0 Å². The van der Waals surface area contributed by atoms with E-state index >= 15 is 0 Å². The summed E-state index contributed by atoms with van der Waals surface area (Å²) in [6.45, 7) is 3.74. The van der Waals surface area contributed by atoms with Gasteiger partial charge in [-0.15, -0.1) is 0 Å². The predicted molar refractivity (Wildman–Crippen MR) is 163 cm³/mol. The second-order valence-corrected chi connectivity index (χ2v) is 11.2. The van der Waals surface area contributed by atoms with Crippen LogP contribution in [0.5, 0.6) is 5.75 Å². The highest BCUT2D eigenvalue weighted by molar-refractivity contribution is 5.86.